The van der Waals surface area contributed by atoms with Gasteiger partial charge in [-0.3, -0.25) is 4.79 Å². The van der Waals surface area contributed by atoms with Crippen LogP contribution in [-0.4, -0.2) is 25.3 Å². The van der Waals surface area contributed by atoms with E-state index in [0.717, 1.165) is 0 Å². The lowest BCUT2D eigenvalue weighted by atomic mass is 10.2. The van der Waals surface area contributed by atoms with Gasteiger partial charge in [-0.05, 0) is 28.9 Å². The molecule has 62 valence electrons. The summed E-state index contributed by atoms with van der Waals surface area (Å²) in [7, 11) is 1.53. The van der Waals surface area contributed by atoms with E-state index in [9.17, 15) is 4.79 Å². The van der Waals surface area contributed by atoms with Gasteiger partial charge in [0.15, 0.2) is 12.1 Å². The summed E-state index contributed by atoms with van der Waals surface area (Å²) >= 11 is 3.13. The van der Waals surface area contributed by atoms with Gasteiger partial charge in [-0.1, -0.05) is 0 Å². The lowest BCUT2D eigenvalue weighted by molar-refractivity contribution is -0.152. The van der Waals surface area contributed by atoms with Crippen LogP contribution >= 0.6 is 15.9 Å². The van der Waals surface area contributed by atoms with E-state index >= 15 is 0 Å². The fraction of sp³-hybridized carbons (Fsp3) is 0.571. The molecule has 0 N–H and O–H groups in total. The maximum atomic E-state index is 11.1. The Bertz CT molecular complexity index is 200. The normalized spacial score (nSPS) is 31.9. The van der Waals surface area contributed by atoms with Gasteiger partial charge in [0.05, 0.1) is 4.48 Å². The van der Waals surface area contributed by atoms with Crippen LogP contribution in [-0.2, 0) is 14.3 Å². The van der Waals surface area contributed by atoms with Gasteiger partial charge in [0.2, 0.25) is 0 Å². The molecule has 1 rings (SSSR count). The van der Waals surface area contributed by atoms with Gasteiger partial charge in [0.1, 0.15) is 6.10 Å². The molecule has 1 aliphatic heterocycles. The minimum Gasteiger partial charge on any atom is -0.352 e. The molecule has 2 atom stereocenters. The average molecular weight is 221 g/mol. The number of hydrogen-bond donors (Lipinski definition) is 0. The summed E-state index contributed by atoms with van der Waals surface area (Å²) in [6.45, 7) is 1.70. The second kappa shape index (κ2) is 3.47. The van der Waals surface area contributed by atoms with Crippen LogP contribution < -0.4 is 0 Å². The molecule has 0 aromatic carbocycles. The van der Waals surface area contributed by atoms with Crippen molar-refractivity contribution in [3.05, 3.63) is 10.6 Å². The molecular weight excluding hydrogens is 212 g/mol. The van der Waals surface area contributed by atoms with Crippen LogP contribution in [0.4, 0.5) is 0 Å². The van der Waals surface area contributed by atoms with Crippen LogP contribution in [0, 0.1) is 0 Å². The Kier molecular flexibility index (Phi) is 2.81. The van der Waals surface area contributed by atoms with Gasteiger partial charge >= 0.3 is 0 Å². The highest BCUT2D eigenvalue weighted by atomic mass is 79.9. The molecule has 0 aromatic rings. The summed E-state index contributed by atoms with van der Waals surface area (Å²) in [6, 6.07) is 0. The molecule has 0 saturated heterocycles. The zero-order chi connectivity index (χ0) is 8.43. The minimum absolute atomic E-state index is 0.0432. The van der Waals surface area contributed by atoms with Crippen molar-refractivity contribution in [3.63, 3.8) is 0 Å². The van der Waals surface area contributed by atoms with E-state index in [1.807, 2.05) is 0 Å². The van der Waals surface area contributed by atoms with Gasteiger partial charge in [0.25, 0.3) is 0 Å². The smallest absolute Gasteiger partial charge is 0.198 e. The predicted octanol–water partition coefficient (Wildman–Crippen LogP) is 1.23. The Labute approximate surface area is 73.5 Å². The number of rotatable bonds is 1. The number of Topliss-reactive ketones (excluding diaryl/α,β-unsaturated/α-hetero) is 1. The molecule has 0 bridgehead atoms. The molecule has 4 heteroatoms. The fourth-order valence-electron chi connectivity index (χ4n) is 0.822. The third-order valence-corrected chi connectivity index (χ3v) is 2.11. The molecule has 1 heterocycles. The fourth-order valence-corrected chi connectivity index (χ4v) is 1.36. The Hall–Kier alpha value is -0.190. The largest absolute Gasteiger partial charge is 0.352 e. The first-order valence-corrected chi connectivity index (χ1v) is 4.04. The van der Waals surface area contributed by atoms with Crippen LogP contribution in [0.2, 0.25) is 0 Å². The third kappa shape index (κ3) is 1.89. The Morgan fingerprint density at radius 2 is 2.36 bits per heavy atom. The standard InChI is InChI=1S/C7H9BrO3/c1-4-7(9)5(8)3-6(10-2)11-4/h3-4,6H,1-2H3/t4-,6-/m0/s1. The number of ether oxygens (including phenoxy) is 2. The van der Waals surface area contributed by atoms with Crippen LogP contribution in [0.1, 0.15) is 6.92 Å². The Balaban J connectivity index is 2.76. The first-order chi connectivity index (χ1) is 5.15. The summed E-state index contributed by atoms with van der Waals surface area (Å²) in [5.74, 6) is -0.0432. The van der Waals surface area contributed by atoms with Crippen LogP contribution in [0.3, 0.4) is 0 Å². The second-order valence-corrected chi connectivity index (χ2v) is 3.12. The van der Waals surface area contributed by atoms with E-state index in [0.29, 0.717) is 4.48 Å². The molecule has 3 nitrogen and oxygen atoms in total. The molecule has 0 radical (unpaired) electrons. The monoisotopic (exact) mass is 220 g/mol. The Morgan fingerprint density at radius 3 is 2.82 bits per heavy atom. The molecule has 0 aromatic heterocycles. The first-order valence-electron chi connectivity index (χ1n) is 3.25. The summed E-state index contributed by atoms with van der Waals surface area (Å²) in [5, 5.41) is 0. The molecule has 0 fully saturated rings. The van der Waals surface area contributed by atoms with Crippen molar-refractivity contribution < 1.29 is 14.3 Å². The van der Waals surface area contributed by atoms with Crippen molar-refractivity contribution >= 4 is 21.7 Å². The summed E-state index contributed by atoms with van der Waals surface area (Å²) < 4.78 is 10.6. The van der Waals surface area contributed by atoms with Crippen LogP contribution in [0.5, 0.6) is 0 Å². The lowest BCUT2D eigenvalue weighted by Gasteiger charge is -2.22. The molecule has 0 amide bonds. The maximum Gasteiger partial charge on any atom is 0.198 e. The van der Waals surface area contributed by atoms with Gasteiger partial charge in [-0.15, -0.1) is 0 Å². The molecule has 0 spiro atoms. The number of carbonyl (C=O) groups is 1. The van der Waals surface area contributed by atoms with Gasteiger partial charge < -0.3 is 9.47 Å². The highest BCUT2D eigenvalue weighted by molar-refractivity contribution is 9.12. The molecule has 0 unspecified atom stereocenters. The SMILES string of the molecule is CO[C@@H]1C=C(Br)C(=O)[C@H](C)O1. The van der Waals surface area contributed by atoms with Crippen molar-refractivity contribution in [2.45, 2.75) is 19.3 Å². The number of methoxy groups -OCH3 is 1. The van der Waals surface area contributed by atoms with E-state index in [2.05, 4.69) is 15.9 Å². The van der Waals surface area contributed by atoms with Crippen molar-refractivity contribution in [3.8, 4) is 0 Å². The quantitative estimate of drug-likeness (QED) is 0.667. The highest BCUT2D eigenvalue weighted by Crippen LogP contribution is 2.19. The molecule has 1 aliphatic rings. The van der Waals surface area contributed by atoms with Gasteiger partial charge in [-0.25, -0.2) is 0 Å². The highest BCUT2D eigenvalue weighted by Gasteiger charge is 2.25. The predicted molar refractivity (Wildman–Crippen MR) is 43.4 cm³/mol. The average Bonchev–Trinajstić information content (AvgIpc) is 1.99. The summed E-state index contributed by atoms with van der Waals surface area (Å²) in [6.07, 6.45) is 0.777. The van der Waals surface area contributed by atoms with Crippen molar-refractivity contribution in [1.29, 1.82) is 0 Å². The maximum absolute atomic E-state index is 11.1. The van der Waals surface area contributed by atoms with E-state index in [1.54, 1.807) is 13.0 Å². The van der Waals surface area contributed by atoms with E-state index in [-0.39, 0.29) is 5.78 Å². The van der Waals surface area contributed by atoms with E-state index < -0.39 is 12.4 Å². The van der Waals surface area contributed by atoms with Crippen LogP contribution in [0.25, 0.3) is 0 Å². The third-order valence-electron chi connectivity index (χ3n) is 1.46. The molecule has 0 aliphatic carbocycles. The van der Waals surface area contributed by atoms with Crippen molar-refractivity contribution in [2.24, 2.45) is 0 Å². The lowest BCUT2D eigenvalue weighted by Crippen LogP contribution is -2.31. The van der Waals surface area contributed by atoms with E-state index in [4.69, 9.17) is 9.47 Å². The first kappa shape index (κ1) is 8.90. The second-order valence-electron chi connectivity index (χ2n) is 2.26. The molecule has 0 saturated carbocycles. The van der Waals surface area contributed by atoms with Crippen LogP contribution in [0.15, 0.2) is 10.6 Å². The Morgan fingerprint density at radius 1 is 1.73 bits per heavy atom. The zero-order valence-electron chi connectivity index (χ0n) is 6.33. The molecular formula is C7H9BrO3. The number of carbonyl (C=O) groups excluding carboxylic acids is 1. The minimum atomic E-state index is -0.417. The number of ketones is 1. The van der Waals surface area contributed by atoms with Gasteiger partial charge in [-0.2, -0.15) is 0 Å². The summed E-state index contributed by atoms with van der Waals surface area (Å²) in [5.41, 5.74) is 0. The number of halogens is 1. The number of hydrogen-bond acceptors (Lipinski definition) is 3. The topological polar surface area (TPSA) is 35.5 Å². The zero-order valence-corrected chi connectivity index (χ0v) is 7.92. The summed E-state index contributed by atoms with van der Waals surface area (Å²) in [4.78, 5) is 11.1. The molecule has 11 heavy (non-hydrogen) atoms. The van der Waals surface area contributed by atoms with E-state index in [1.165, 1.54) is 7.11 Å². The van der Waals surface area contributed by atoms with Crippen molar-refractivity contribution in [1.82, 2.24) is 0 Å². The van der Waals surface area contributed by atoms with Crippen molar-refractivity contribution in [2.75, 3.05) is 7.11 Å². The van der Waals surface area contributed by atoms with Gasteiger partial charge in [0, 0.05) is 7.11 Å².